The van der Waals surface area contributed by atoms with E-state index in [9.17, 15) is 14.7 Å². The van der Waals surface area contributed by atoms with Crippen molar-refractivity contribution >= 4 is 50.8 Å². The van der Waals surface area contributed by atoms with E-state index in [1.54, 1.807) is 42.5 Å². The number of urea groups is 1. The number of hydrogen-bond acceptors (Lipinski definition) is 4. The molecule has 3 N–H and O–H groups in total. The molecule has 0 aliphatic carbocycles. The van der Waals surface area contributed by atoms with Crippen LogP contribution in [0.15, 0.2) is 46.9 Å². The predicted octanol–water partition coefficient (Wildman–Crippen LogP) is 4.54. The van der Waals surface area contributed by atoms with Crippen LogP contribution in [0.4, 0.5) is 16.2 Å². The molecule has 0 bridgehead atoms. The van der Waals surface area contributed by atoms with Crippen molar-refractivity contribution < 1.29 is 14.7 Å². The summed E-state index contributed by atoms with van der Waals surface area (Å²) < 4.78 is 0.680. The van der Waals surface area contributed by atoms with Gasteiger partial charge < -0.3 is 20.6 Å². The Balaban J connectivity index is 1.57. The number of benzene rings is 2. The molecule has 0 spiro atoms. The topological polar surface area (TPSA) is 84.9 Å². The van der Waals surface area contributed by atoms with Crippen molar-refractivity contribution in [3.8, 4) is 0 Å². The normalized spacial score (nSPS) is 23.1. The number of hydrogen-bond donors (Lipinski definition) is 3. The molecule has 1 fully saturated rings. The van der Waals surface area contributed by atoms with Crippen LogP contribution >= 0.6 is 27.5 Å². The first-order valence-corrected chi connectivity index (χ1v) is 12.4. The first-order valence-electron chi connectivity index (χ1n) is 11.2. The summed E-state index contributed by atoms with van der Waals surface area (Å²) in [5.41, 5.74) is -1.21. The summed E-state index contributed by atoms with van der Waals surface area (Å²) in [7, 11) is 0. The molecule has 0 aromatic heterocycles. The van der Waals surface area contributed by atoms with E-state index in [2.05, 4.69) is 38.4 Å². The van der Waals surface area contributed by atoms with Gasteiger partial charge in [-0.3, -0.25) is 9.69 Å². The first kappa shape index (κ1) is 24.0. The van der Waals surface area contributed by atoms with Crippen LogP contribution in [0.1, 0.15) is 31.7 Å². The van der Waals surface area contributed by atoms with Gasteiger partial charge >= 0.3 is 6.03 Å². The molecule has 2 atom stereocenters. The van der Waals surface area contributed by atoms with Gasteiger partial charge in [-0.2, -0.15) is 0 Å². The molecule has 2 aliphatic heterocycles. The van der Waals surface area contributed by atoms with E-state index in [0.717, 1.165) is 31.0 Å². The highest BCUT2D eigenvalue weighted by molar-refractivity contribution is 9.10. The molecule has 3 amide bonds. The van der Waals surface area contributed by atoms with Crippen molar-refractivity contribution in [2.45, 2.75) is 31.9 Å². The molecule has 7 nitrogen and oxygen atoms in total. The Morgan fingerprint density at radius 1 is 1.30 bits per heavy atom. The van der Waals surface area contributed by atoms with Gasteiger partial charge in [-0.05, 0) is 80.7 Å². The summed E-state index contributed by atoms with van der Waals surface area (Å²) in [4.78, 5) is 30.0. The minimum absolute atomic E-state index is 0.286. The predicted molar refractivity (Wildman–Crippen MR) is 133 cm³/mol. The average molecular weight is 536 g/mol. The molecular weight excluding hydrogens is 508 g/mol. The Kier molecular flexibility index (Phi) is 7.28. The summed E-state index contributed by atoms with van der Waals surface area (Å²) in [5.74, 6) is 0.0383. The summed E-state index contributed by atoms with van der Waals surface area (Å²) in [6.07, 6.45) is 3.22. The summed E-state index contributed by atoms with van der Waals surface area (Å²) in [6.45, 7) is 5.69. The second-order valence-electron chi connectivity index (χ2n) is 8.76. The third kappa shape index (κ3) is 5.04. The number of amides is 3. The molecule has 0 unspecified atom stereocenters. The van der Waals surface area contributed by atoms with E-state index in [0.29, 0.717) is 33.3 Å². The van der Waals surface area contributed by atoms with E-state index >= 15 is 0 Å². The van der Waals surface area contributed by atoms with Crippen molar-refractivity contribution in [2.75, 3.05) is 36.4 Å². The van der Waals surface area contributed by atoms with Crippen molar-refractivity contribution in [3.63, 3.8) is 0 Å². The van der Waals surface area contributed by atoms with Gasteiger partial charge in [-0.1, -0.05) is 34.5 Å². The Morgan fingerprint density at radius 3 is 2.79 bits per heavy atom. The second kappa shape index (κ2) is 10.0. The number of piperidine rings is 1. The zero-order valence-corrected chi connectivity index (χ0v) is 20.8. The van der Waals surface area contributed by atoms with Crippen LogP contribution in [0.3, 0.4) is 0 Å². The number of fused-ring (bicyclic) bond motifs is 1. The maximum Gasteiger partial charge on any atom is 0.329 e. The van der Waals surface area contributed by atoms with Crippen molar-refractivity contribution in [1.29, 1.82) is 0 Å². The van der Waals surface area contributed by atoms with Crippen LogP contribution in [0.25, 0.3) is 0 Å². The highest BCUT2D eigenvalue weighted by Gasteiger charge is 2.52. The van der Waals surface area contributed by atoms with Gasteiger partial charge in [0.25, 0.3) is 11.6 Å². The maximum atomic E-state index is 13.5. The highest BCUT2D eigenvalue weighted by Crippen LogP contribution is 2.41. The Hall–Kier alpha value is -2.13. The van der Waals surface area contributed by atoms with E-state index in [-0.39, 0.29) is 5.56 Å². The van der Waals surface area contributed by atoms with Gasteiger partial charge in [0, 0.05) is 33.8 Å². The number of nitrogens with one attached hydrogen (secondary N) is 2. The van der Waals surface area contributed by atoms with Crippen molar-refractivity contribution in [2.24, 2.45) is 5.92 Å². The Bertz CT molecular complexity index is 1030. The smallest absolute Gasteiger partial charge is 0.329 e. The monoisotopic (exact) mass is 534 g/mol. The molecule has 176 valence electrons. The Labute approximate surface area is 207 Å². The van der Waals surface area contributed by atoms with E-state index in [1.165, 1.54) is 12.8 Å². The van der Waals surface area contributed by atoms with Gasteiger partial charge in [-0.15, -0.1) is 0 Å². The summed E-state index contributed by atoms with van der Waals surface area (Å²) in [5, 5.41) is 17.9. The van der Waals surface area contributed by atoms with Crippen molar-refractivity contribution in [3.05, 3.63) is 57.5 Å². The van der Waals surface area contributed by atoms with Crippen LogP contribution in [-0.4, -0.2) is 48.1 Å². The molecule has 33 heavy (non-hydrogen) atoms. The molecule has 2 aromatic rings. The number of carbonyl (C=O) groups excluding carboxylic acids is 2. The molecule has 4 rings (SSSR count). The average Bonchev–Trinajstić information content (AvgIpc) is 2.78. The molecule has 2 aromatic carbocycles. The van der Waals surface area contributed by atoms with Crippen LogP contribution in [0.2, 0.25) is 5.02 Å². The van der Waals surface area contributed by atoms with Crippen LogP contribution < -0.4 is 15.5 Å². The van der Waals surface area contributed by atoms with Crippen LogP contribution in [0.5, 0.6) is 0 Å². The molecule has 9 heteroatoms. The fourth-order valence-electron chi connectivity index (χ4n) is 4.59. The van der Waals surface area contributed by atoms with Gasteiger partial charge in [0.2, 0.25) is 0 Å². The van der Waals surface area contributed by atoms with Crippen LogP contribution in [-0.2, 0) is 10.5 Å². The number of anilines is 2. The van der Waals surface area contributed by atoms with E-state index < -0.39 is 17.7 Å². The number of nitrogens with zero attached hydrogens (tertiary/aromatic N) is 2. The number of halogens is 2. The highest BCUT2D eigenvalue weighted by atomic mass is 79.9. The van der Waals surface area contributed by atoms with Gasteiger partial charge in [0.1, 0.15) is 0 Å². The number of carbonyl (C=O) groups is 2. The van der Waals surface area contributed by atoms with Gasteiger partial charge in [0.15, 0.2) is 0 Å². The molecule has 2 heterocycles. The minimum atomic E-state index is -2.23. The molecular formula is C24H28BrClN4O3. The third-order valence-corrected chi connectivity index (χ3v) is 6.95. The Morgan fingerprint density at radius 2 is 2.06 bits per heavy atom. The van der Waals surface area contributed by atoms with E-state index in [4.69, 9.17) is 11.6 Å². The summed E-state index contributed by atoms with van der Waals surface area (Å²) in [6, 6.07) is 10.9. The third-order valence-electron chi connectivity index (χ3n) is 6.20. The lowest BCUT2D eigenvalue weighted by Crippen LogP contribution is -2.62. The largest absolute Gasteiger partial charge is 0.359 e. The summed E-state index contributed by atoms with van der Waals surface area (Å²) >= 11 is 9.42. The minimum Gasteiger partial charge on any atom is -0.359 e. The second-order valence-corrected chi connectivity index (χ2v) is 10.1. The first-order chi connectivity index (χ1) is 15.8. The quantitative estimate of drug-likeness (QED) is 0.474. The molecule has 1 saturated heterocycles. The molecule has 0 saturated carbocycles. The number of rotatable bonds is 6. The van der Waals surface area contributed by atoms with Gasteiger partial charge in [0.05, 0.1) is 5.69 Å². The van der Waals surface area contributed by atoms with E-state index in [1.807, 2.05) is 0 Å². The SMILES string of the molecule is C[C@H]1CCCN(CCCNC(=O)[C@]2(O)c3cc(Br)ccc3NC(=O)N2c2ccc(Cl)cc2)C1. The lowest BCUT2D eigenvalue weighted by atomic mass is 9.94. The number of likely N-dealkylation sites (tertiary alicyclic amines) is 1. The zero-order chi connectivity index (χ0) is 23.6. The fourth-order valence-corrected chi connectivity index (χ4v) is 5.08. The molecule has 2 aliphatic rings. The van der Waals surface area contributed by atoms with Crippen molar-refractivity contribution in [1.82, 2.24) is 10.2 Å². The number of aliphatic hydroxyl groups is 1. The fraction of sp³-hybridized carbons (Fsp3) is 0.417. The molecule has 0 radical (unpaired) electrons. The standard InChI is InChI=1S/C24H28BrClN4O3/c1-16-4-2-12-29(15-16)13-3-11-27-22(31)24(33)20-14-17(25)5-10-21(20)28-23(32)30(24)19-8-6-18(26)7-9-19/h5-10,14,16,33H,2-4,11-13,15H2,1H3,(H,27,31)(H,28,32)/t16-,24+/m0/s1. The van der Waals surface area contributed by atoms with Gasteiger partial charge in [-0.25, -0.2) is 4.79 Å². The zero-order valence-electron chi connectivity index (χ0n) is 18.5. The van der Waals surface area contributed by atoms with Crippen LogP contribution in [0, 0.1) is 5.92 Å². The maximum absolute atomic E-state index is 13.5. The lowest BCUT2D eigenvalue weighted by Gasteiger charge is -2.42. The lowest BCUT2D eigenvalue weighted by molar-refractivity contribution is -0.140.